The lowest BCUT2D eigenvalue weighted by Crippen LogP contribution is -2.37. The van der Waals surface area contributed by atoms with Gasteiger partial charge in [0.1, 0.15) is 0 Å². The van der Waals surface area contributed by atoms with Crippen molar-refractivity contribution in [1.82, 2.24) is 10.2 Å². The van der Waals surface area contributed by atoms with Gasteiger partial charge in [0.25, 0.3) is 0 Å². The normalized spacial score (nSPS) is 16.4. The Morgan fingerprint density at radius 2 is 1.96 bits per heavy atom. The molecule has 4 heteroatoms. The monoisotopic (exact) mass is 328 g/mol. The highest BCUT2D eigenvalue weighted by Gasteiger charge is 2.24. The molecule has 1 unspecified atom stereocenters. The molecule has 0 bridgehead atoms. The van der Waals surface area contributed by atoms with Crippen LogP contribution in [-0.2, 0) is 11.2 Å². The summed E-state index contributed by atoms with van der Waals surface area (Å²) in [5, 5.41) is 5.25. The van der Waals surface area contributed by atoms with Crippen LogP contribution in [0.25, 0.3) is 0 Å². The smallest absolute Gasteiger partial charge is 0.224 e. The van der Waals surface area contributed by atoms with E-state index in [9.17, 15) is 4.79 Å². The first-order valence-electron chi connectivity index (χ1n) is 8.32. The highest BCUT2D eigenvalue weighted by Crippen LogP contribution is 2.27. The van der Waals surface area contributed by atoms with Crippen LogP contribution >= 0.6 is 11.3 Å². The Hall–Kier alpha value is -1.65. The van der Waals surface area contributed by atoms with Crippen LogP contribution in [0.15, 0.2) is 41.8 Å². The molecule has 23 heavy (non-hydrogen) atoms. The zero-order valence-electron chi connectivity index (χ0n) is 13.6. The second-order valence-corrected chi connectivity index (χ2v) is 7.22. The fourth-order valence-electron chi connectivity index (χ4n) is 3.11. The number of hydrogen-bond donors (Lipinski definition) is 1. The zero-order valence-corrected chi connectivity index (χ0v) is 14.4. The van der Waals surface area contributed by atoms with Crippen LogP contribution in [0.3, 0.4) is 0 Å². The van der Waals surface area contributed by atoms with Crippen molar-refractivity contribution in [1.29, 1.82) is 0 Å². The Kier molecular flexibility index (Phi) is 5.47. The topological polar surface area (TPSA) is 32.3 Å². The number of benzene rings is 1. The average Bonchev–Trinajstić information content (AvgIpc) is 3.24. The van der Waals surface area contributed by atoms with Gasteiger partial charge in [-0.2, -0.15) is 0 Å². The first-order valence-corrected chi connectivity index (χ1v) is 9.20. The number of nitrogens with one attached hydrogen (secondary N) is 1. The van der Waals surface area contributed by atoms with Crippen molar-refractivity contribution >= 4 is 17.2 Å². The molecule has 1 amide bonds. The first kappa shape index (κ1) is 16.2. The van der Waals surface area contributed by atoms with E-state index in [1.54, 1.807) is 11.3 Å². The summed E-state index contributed by atoms with van der Waals surface area (Å²) in [7, 11) is 0. The zero-order chi connectivity index (χ0) is 16.1. The number of likely N-dealkylation sites (tertiary alicyclic amines) is 1. The number of hydrogen-bond acceptors (Lipinski definition) is 3. The minimum atomic E-state index is 0.106. The lowest BCUT2D eigenvalue weighted by molar-refractivity contribution is -0.120. The molecule has 0 radical (unpaired) electrons. The van der Waals surface area contributed by atoms with Crippen molar-refractivity contribution < 1.29 is 4.79 Å². The molecule has 1 saturated heterocycles. The Morgan fingerprint density at radius 3 is 2.61 bits per heavy atom. The molecule has 1 N–H and O–H groups in total. The molecule has 1 atom stereocenters. The van der Waals surface area contributed by atoms with Gasteiger partial charge in [-0.25, -0.2) is 0 Å². The van der Waals surface area contributed by atoms with E-state index in [-0.39, 0.29) is 5.91 Å². The standard InChI is InChI=1S/C19H24N2OS/c1-15-6-8-16(9-7-15)13-19(22)20-14-17(18-5-4-12-23-18)21-10-2-3-11-21/h4-9,12,17H,2-3,10-11,13-14H2,1H3,(H,20,22). The summed E-state index contributed by atoms with van der Waals surface area (Å²) in [5.74, 6) is 0.106. The predicted octanol–water partition coefficient (Wildman–Crippen LogP) is 3.55. The van der Waals surface area contributed by atoms with Gasteiger partial charge in [0.15, 0.2) is 0 Å². The molecule has 3 nitrogen and oxygen atoms in total. The number of rotatable bonds is 6. The van der Waals surface area contributed by atoms with Gasteiger partial charge in [-0.15, -0.1) is 11.3 Å². The summed E-state index contributed by atoms with van der Waals surface area (Å²) < 4.78 is 0. The molecule has 2 heterocycles. The van der Waals surface area contributed by atoms with Crippen LogP contribution in [0, 0.1) is 6.92 Å². The Labute approximate surface area is 142 Å². The number of carbonyl (C=O) groups excluding carboxylic acids is 1. The van der Waals surface area contributed by atoms with E-state index in [0.717, 1.165) is 18.7 Å². The van der Waals surface area contributed by atoms with E-state index in [4.69, 9.17) is 0 Å². The maximum absolute atomic E-state index is 12.3. The predicted molar refractivity (Wildman–Crippen MR) is 95.8 cm³/mol. The molecule has 1 fully saturated rings. The largest absolute Gasteiger partial charge is 0.354 e. The second kappa shape index (κ2) is 7.75. The van der Waals surface area contributed by atoms with Crippen molar-refractivity contribution in [2.75, 3.05) is 19.6 Å². The lowest BCUT2D eigenvalue weighted by Gasteiger charge is -2.27. The summed E-state index contributed by atoms with van der Waals surface area (Å²) in [4.78, 5) is 16.1. The minimum Gasteiger partial charge on any atom is -0.354 e. The van der Waals surface area contributed by atoms with Gasteiger partial charge in [0.05, 0.1) is 12.5 Å². The highest BCUT2D eigenvalue weighted by atomic mass is 32.1. The maximum Gasteiger partial charge on any atom is 0.224 e. The van der Waals surface area contributed by atoms with Crippen molar-refractivity contribution in [2.45, 2.75) is 32.2 Å². The summed E-state index contributed by atoms with van der Waals surface area (Å²) in [5.41, 5.74) is 2.29. The Morgan fingerprint density at radius 1 is 1.22 bits per heavy atom. The van der Waals surface area contributed by atoms with E-state index in [1.165, 1.54) is 23.3 Å². The molecule has 1 aliphatic heterocycles. The lowest BCUT2D eigenvalue weighted by atomic mass is 10.1. The molecular formula is C19H24N2OS. The maximum atomic E-state index is 12.3. The number of thiophene rings is 1. The summed E-state index contributed by atoms with van der Waals surface area (Å²) in [6.45, 7) is 5.03. The molecular weight excluding hydrogens is 304 g/mol. The van der Waals surface area contributed by atoms with E-state index in [1.807, 2.05) is 12.1 Å². The molecule has 0 saturated carbocycles. The third kappa shape index (κ3) is 4.43. The number of aryl methyl sites for hydroxylation is 1. The van der Waals surface area contributed by atoms with Crippen LogP contribution in [0.4, 0.5) is 0 Å². The molecule has 0 spiro atoms. The quantitative estimate of drug-likeness (QED) is 0.879. The summed E-state index contributed by atoms with van der Waals surface area (Å²) in [6, 6.07) is 12.8. The third-order valence-electron chi connectivity index (χ3n) is 4.43. The van der Waals surface area contributed by atoms with Crippen LogP contribution < -0.4 is 5.32 Å². The Balaban J connectivity index is 1.57. The van der Waals surface area contributed by atoms with Gasteiger partial charge in [-0.05, 0) is 49.9 Å². The van der Waals surface area contributed by atoms with Crippen LogP contribution in [-0.4, -0.2) is 30.4 Å². The fourth-order valence-corrected chi connectivity index (χ4v) is 3.97. The molecule has 122 valence electrons. The molecule has 2 aromatic rings. The number of carbonyl (C=O) groups is 1. The van der Waals surface area contributed by atoms with Gasteiger partial charge in [-0.3, -0.25) is 9.69 Å². The van der Waals surface area contributed by atoms with E-state index < -0.39 is 0 Å². The summed E-state index contributed by atoms with van der Waals surface area (Å²) >= 11 is 1.78. The molecule has 1 aromatic carbocycles. The molecule has 1 aliphatic rings. The van der Waals surface area contributed by atoms with E-state index >= 15 is 0 Å². The second-order valence-electron chi connectivity index (χ2n) is 6.24. The van der Waals surface area contributed by atoms with Crippen LogP contribution in [0.2, 0.25) is 0 Å². The first-order chi connectivity index (χ1) is 11.2. The van der Waals surface area contributed by atoms with Crippen molar-refractivity contribution in [3.63, 3.8) is 0 Å². The number of nitrogens with zero attached hydrogens (tertiary/aromatic N) is 1. The van der Waals surface area contributed by atoms with Crippen molar-refractivity contribution in [3.05, 3.63) is 57.8 Å². The molecule has 1 aromatic heterocycles. The minimum absolute atomic E-state index is 0.106. The highest BCUT2D eigenvalue weighted by molar-refractivity contribution is 7.10. The van der Waals surface area contributed by atoms with Crippen molar-refractivity contribution in [3.8, 4) is 0 Å². The van der Waals surface area contributed by atoms with Gasteiger partial charge in [0, 0.05) is 11.4 Å². The average molecular weight is 328 g/mol. The van der Waals surface area contributed by atoms with Gasteiger partial charge < -0.3 is 5.32 Å². The van der Waals surface area contributed by atoms with Gasteiger partial charge in [0.2, 0.25) is 5.91 Å². The van der Waals surface area contributed by atoms with Crippen LogP contribution in [0.1, 0.15) is 34.9 Å². The van der Waals surface area contributed by atoms with E-state index in [0.29, 0.717) is 19.0 Å². The van der Waals surface area contributed by atoms with Gasteiger partial charge in [-0.1, -0.05) is 35.9 Å². The third-order valence-corrected chi connectivity index (χ3v) is 5.40. The molecule has 0 aliphatic carbocycles. The van der Waals surface area contributed by atoms with Gasteiger partial charge >= 0.3 is 0 Å². The number of amides is 1. The van der Waals surface area contributed by atoms with Crippen LogP contribution in [0.5, 0.6) is 0 Å². The Bertz CT molecular complexity index is 615. The fraction of sp³-hybridized carbons (Fsp3) is 0.421. The molecule has 3 rings (SSSR count). The van der Waals surface area contributed by atoms with E-state index in [2.05, 4.69) is 46.8 Å². The van der Waals surface area contributed by atoms with Crippen molar-refractivity contribution in [2.24, 2.45) is 0 Å². The summed E-state index contributed by atoms with van der Waals surface area (Å²) in [6.07, 6.45) is 2.98. The SMILES string of the molecule is Cc1ccc(CC(=O)NCC(c2cccs2)N2CCCC2)cc1.